The second kappa shape index (κ2) is 20.2. The largest absolute Gasteiger partial charge is 1.00 e. The molecule has 0 saturated carbocycles. The molecule has 45 heavy (non-hydrogen) atoms. The van der Waals surface area contributed by atoms with Crippen molar-refractivity contribution in [3.8, 4) is 18.4 Å². The Hall–Kier alpha value is -3.86. The zero-order chi connectivity index (χ0) is 31.7. The molecule has 250 valence electrons. The van der Waals surface area contributed by atoms with Crippen molar-refractivity contribution in [1.29, 1.82) is 0 Å². The van der Waals surface area contributed by atoms with Crippen LogP contribution in [-0.2, 0) is 23.8 Å². The Bertz CT molecular complexity index is 1220. The number of aliphatic hydroxyl groups excluding tert-OH is 1. The Balaban J connectivity index is 0.00000705. The third-order valence-electron chi connectivity index (χ3n) is 6.46. The number of anilines is 2. The molecule has 2 aromatic heterocycles. The molecule has 3 rings (SSSR count). The maximum absolute atomic E-state index is 13.5. The fourth-order valence-corrected chi connectivity index (χ4v) is 4.14. The summed E-state index contributed by atoms with van der Waals surface area (Å²) in [5.41, 5.74) is 6.12. The number of amides is 1. The number of hydrogen-bond acceptors (Lipinski definition) is 15. The van der Waals surface area contributed by atoms with Crippen LogP contribution < -0.4 is 33.1 Å². The lowest BCUT2D eigenvalue weighted by molar-refractivity contribution is -0.138. The van der Waals surface area contributed by atoms with Crippen LogP contribution in [0.1, 0.15) is 30.6 Å². The third kappa shape index (κ3) is 12.2. The molecule has 2 aromatic rings. The summed E-state index contributed by atoms with van der Waals surface area (Å²) < 4.78 is 22.6. The smallest absolute Gasteiger partial charge is 0.322 e. The van der Waals surface area contributed by atoms with Gasteiger partial charge in [-0.3, -0.25) is 9.59 Å². The van der Waals surface area contributed by atoms with Crippen LogP contribution in [0.3, 0.4) is 0 Å². The van der Waals surface area contributed by atoms with Crippen LogP contribution in [0.2, 0.25) is 0 Å². The number of aromatic nitrogens is 6. The normalized spacial score (nSPS) is 14.3. The monoisotopic (exact) mass is 655 g/mol. The van der Waals surface area contributed by atoms with E-state index in [-0.39, 0.29) is 50.4 Å². The van der Waals surface area contributed by atoms with E-state index in [0.29, 0.717) is 83.3 Å². The molecule has 0 aromatic carbocycles. The van der Waals surface area contributed by atoms with Gasteiger partial charge in [0.25, 0.3) is 0 Å². The molecule has 2 atom stereocenters. The number of aliphatic hydroxyl groups is 1. The molecule has 1 aliphatic heterocycles. The SMILES string of the molecule is C#CCOCCOCCOCCNc1nc(OC)nc(N2CCN(C(=O)[C@H](CCC(=O)O)n3cc(C(N)CO)nn3)CC2)n1.[Cl-]. The highest BCUT2D eigenvalue weighted by Gasteiger charge is 2.31. The van der Waals surface area contributed by atoms with Crippen LogP contribution in [0.15, 0.2) is 6.20 Å². The van der Waals surface area contributed by atoms with Crippen molar-refractivity contribution >= 4 is 23.8 Å². The summed E-state index contributed by atoms with van der Waals surface area (Å²) in [5, 5.41) is 29.5. The minimum atomic E-state index is -1.04. The molecule has 0 bridgehead atoms. The number of carbonyl (C=O) groups is 2. The first-order valence-corrected chi connectivity index (χ1v) is 14.1. The van der Waals surface area contributed by atoms with E-state index in [1.165, 1.54) is 18.0 Å². The first kappa shape index (κ1) is 37.3. The third-order valence-corrected chi connectivity index (χ3v) is 6.46. The number of halogens is 1. The number of carboxylic acids is 1. The molecule has 1 saturated heterocycles. The second-order valence-electron chi connectivity index (χ2n) is 9.53. The van der Waals surface area contributed by atoms with Crippen molar-refractivity contribution in [3.63, 3.8) is 0 Å². The maximum atomic E-state index is 13.5. The molecule has 0 aliphatic carbocycles. The number of rotatable bonds is 20. The van der Waals surface area contributed by atoms with Crippen molar-refractivity contribution in [3.05, 3.63) is 11.9 Å². The number of methoxy groups -OCH3 is 1. The number of piperazine rings is 1. The average molecular weight is 656 g/mol. The molecule has 1 aliphatic rings. The summed E-state index contributed by atoms with van der Waals surface area (Å²) in [5.74, 6) is 1.75. The quantitative estimate of drug-likeness (QED) is 0.0776. The predicted molar refractivity (Wildman–Crippen MR) is 155 cm³/mol. The molecule has 18 nitrogen and oxygen atoms in total. The Morgan fingerprint density at radius 2 is 1.78 bits per heavy atom. The fraction of sp³-hybridized carbons (Fsp3) is 0.654. The number of aliphatic carboxylic acids is 1. The molecule has 1 unspecified atom stereocenters. The van der Waals surface area contributed by atoms with Crippen molar-refractivity contribution in [1.82, 2.24) is 34.8 Å². The highest BCUT2D eigenvalue weighted by atomic mass is 35.5. The van der Waals surface area contributed by atoms with Crippen LogP contribution in [0.25, 0.3) is 0 Å². The van der Waals surface area contributed by atoms with Gasteiger partial charge in [0, 0.05) is 39.1 Å². The number of nitrogens with two attached hydrogens (primary N) is 1. The summed E-state index contributed by atoms with van der Waals surface area (Å²) in [6.07, 6.45) is 6.35. The van der Waals surface area contributed by atoms with Gasteiger partial charge >= 0.3 is 12.0 Å². The fourth-order valence-electron chi connectivity index (χ4n) is 4.14. The Labute approximate surface area is 267 Å². The van der Waals surface area contributed by atoms with Crippen LogP contribution in [0.4, 0.5) is 11.9 Å². The van der Waals surface area contributed by atoms with Crippen LogP contribution >= 0.6 is 0 Å². The molecule has 1 fully saturated rings. The molecular formula is C26H40ClN10O8-. The summed E-state index contributed by atoms with van der Waals surface area (Å²) in [4.78, 5) is 41.4. The summed E-state index contributed by atoms with van der Waals surface area (Å²) in [6, 6.07) is -1.52. The van der Waals surface area contributed by atoms with Gasteiger partial charge in [0.05, 0.1) is 59.0 Å². The van der Waals surface area contributed by atoms with Gasteiger partial charge in [0.1, 0.15) is 18.3 Å². The predicted octanol–water partition coefficient (Wildman–Crippen LogP) is -4.68. The van der Waals surface area contributed by atoms with E-state index in [9.17, 15) is 19.8 Å². The molecule has 1 amide bonds. The molecule has 5 N–H and O–H groups in total. The number of carbonyl (C=O) groups excluding carboxylic acids is 1. The zero-order valence-corrected chi connectivity index (χ0v) is 25.8. The summed E-state index contributed by atoms with van der Waals surface area (Å²) in [7, 11) is 1.46. The van der Waals surface area contributed by atoms with Crippen molar-refractivity contribution in [2.24, 2.45) is 5.73 Å². The highest BCUT2D eigenvalue weighted by Crippen LogP contribution is 2.21. The first-order chi connectivity index (χ1) is 21.4. The van der Waals surface area contributed by atoms with E-state index in [1.54, 1.807) is 4.90 Å². The Kier molecular flexibility index (Phi) is 16.8. The van der Waals surface area contributed by atoms with Gasteiger partial charge in [-0.2, -0.15) is 15.0 Å². The molecular weight excluding hydrogens is 616 g/mol. The van der Waals surface area contributed by atoms with Crippen LogP contribution in [0.5, 0.6) is 6.01 Å². The number of hydrogen-bond donors (Lipinski definition) is 4. The van der Waals surface area contributed by atoms with Crippen LogP contribution in [0, 0.1) is 12.3 Å². The van der Waals surface area contributed by atoms with Gasteiger partial charge in [-0.05, 0) is 6.42 Å². The van der Waals surface area contributed by atoms with Crippen molar-refractivity contribution in [2.45, 2.75) is 24.9 Å². The minimum absolute atomic E-state index is 0. The van der Waals surface area contributed by atoms with E-state index in [4.69, 9.17) is 31.1 Å². The maximum Gasteiger partial charge on any atom is 0.322 e. The van der Waals surface area contributed by atoms with Crippen molar-refractivity contribution < 1.29 is 51.2 Å². The van der Waals surface area contributed by atoms with E-state index < -0.39 is 18.1 Å². The van der Waals surface area contributed by atoms with Gasteiger partial charge in [-0.15, -0.1) is 11.5 Å². The van der Waals surface area contributed by atoms with E-state index in [0.717, 1.165) is 0 Å². The molecule has 19 heteroatoms. The lowest BCUT2D eigenvalue weighted by Gasteiger charge is -2.36. The summed E-state index contributed by atoms with van der Waals surface area (Å²) >= 11 is 0. The van der Waals surface area contributed by atoms with Gasteiger partial charge in [-0.25, -0.2) is 4.68 Å². The first-order valence-electron chi connectivity index (χ1n) is 14.1. The highest BCUT2D eigenvalue weighted by molar-refractivity contribution is 5.81. The number of carboxylic acid groups (broad SMARTS) is 1. The molecule has 3 heterocycles. The molecule has 0 spiro atoms. The number of terminal acetylenes is 1. The van der Waals surface area contributed by atoms with E-state index in [2.05, 4.69) is 36.5 Å². The van der Waals surface area contributed by atoms with Gasteiger partial charge < -0.3 is 62.4 Å². The average Bonchev–Trinajstić information content (AvgIpc) is 3.53. The van der Waals surface area contributed by atoms with E-state index >= 15 is 0 Å². The topological polar surface area (TPSA) is 225 Å². The Morgan fingerprint density at radius 1 is 1.09 bits per heavy atom. The Morgan fingerprint density at radius 3 is 2.42 bits per heavy atom. The minimum Gasteiger partial charge on any atom is -1.00 e. The zero-order valence-electron chi connectivity index (χ0n) is 25.1. The molecule has 0 radical (unpaired) electrons. The second-order valence-corrected chi connectivity index (χ2v) is 9.53. The number of nitrogens with zero attached hydrogens (tertiary/aromatic N) is 8. The summed E-state index contributed by atoms with van der Waals surface area (Å²) in [6.45, 7) is 3.95. The van der Waals surface area contributed by atoms with Gasteiger partial charge in [0.2, 0.25) is 17.8 Å². The lowest BCUT2D eigenvalue weighted by atomic mass is 10.1. The van der Waals surface area contributed by atoms with E-state index in [1.807, 2.05) is 4.90 Å². The standard InChI is InChI=1S/C26H40N10O8.ClH/c1-3-11-42-13-15-44-16-14-43-12-6-28-24-29-25(31-26(30-24)41-2)35-9-7-34(8-10-35)23(40)21(4-5-22(38)39)36-17-20(32-33-36)19(27)18-37;/h1,17,19,21,37H,4-16,18,27H2,2H3,(H,38,39)(H,28,29,30,31);1H/p-1/t19?,21-;/m0./s1. The number of nitrogens with one attached hydrogen (secondary N) is 1. The van der Waals surface area contributed by atoms with Gasteiger partial charge in [-0.1, -0.05) is 11.1 Å². The lowest BCUT2D eigenvalue weighted by Crippen LogP contribution is -3.00. The van der Waals surface area contributed by atoms with Gasteiger partial charge in [0.15, 0.2) is 0 Å². The van der Waals surface area contributed by atoms with Crippen LogP contribution in [-0.4, -0.2) is 143 Å². The van der Waals surface area contributed by atoms with Crippen molar-refractivity contribution in [2.75, 3.05) is 96.3 Å². The number of ether oxygens (including phenoxy) is 4.